The lowest BCUT2D eigenvalue weighted by Gasteiger charge is -2.12. The molecule has 1 aromatic carbocycles. The zero-order chi connectivity index (χ0) is 14.4. The lowest BCUT2D eigenvalue weighted by molar-refractivity contribution is -0.131. The number of alkyl halides is 1. The third-order valence-corrected chi connectivity index (χ3v) is 2.80. The second-order valence-corrected chi connectivity index (χ2v) is 5.18. The zero-order valence-electron chi connectivity index (χ0n) is 10.7. The Morgan fingerprint density at radius 1 is 1.47 bits per heavy atom. The summed E-state index contributed by atoms with van der Waals surface area (Å²) in [6.45, 7) is 3.99. The second kappa shape index (κ2) is 7.09. The predicted octanol–water partition coefficient (Wildman–Crippen LogP) is 3.15. The van der Waals surface area contributed by atoms with Gasteiger partial charge in [0.2, 0.25) is 0 Å². The molecule has 4 nitrogen and oxygen atoms in total. The van der Waals surface area contributed by atoms with Gasteiger partial charge in [0, 0.05) is 17.2 Å². The quantitative estimate of drug-likeness (QED) is 0.495. The maximum Gasteiger partial charge on any atom is 0.328 e. The monoisotopic (exact) mass is 326 g/mol. The summed E-state index contributed by atoms with van der Waals surface area (Å²) >= 11 is 3.22. The molecule has 19 heavy (non-hydrogen) atoms. The average Bonchev–Trinajstić information content (AvgIpc) is 2.36. The lowest BCUT2D eigenvalue weighted by atomic mass is 10.0. The Labute approximate surface area is 120 Å². The van der Waals surface area contributed by atoms with E-state index >= 15 is 0 Å². The number of carboxylic acid groups (broad SMARTS) is 1. The molecule has 0 aliphatic heterocycles. The second-order valence-electron chi connectivity index (χ2n) is 3.80. The number of Topliss-reactive ketones (excluding diaryl/α,β-unsaturated/α-hetero) is 1. The number of rotatable bonds is 6. The molecule has 0 heterocycles. The van der Waals surface area contributed by atoms with Gasteiger partial charge in [-0.3, -0.25) is 4.79 Å². The van der Waals surface area contributed by atoms with Gasteiger partial charge < -0.3 is 9.84 Å². The molecule has 0 fully saturated rings. The van der Waals surface area contributed by atoms with Crippen LogP contribution in [0.2, 0.25) is 0 Å². The summed E-state index contributed by atoms with van der Waals surface area (Å²) in [5.74, 6) is -0.692. The first-order chi connectivity index (χ1) is 8.97. The van der Waals surface area contributed by atoms with Crippen LogP contribution in [0.25, 0.3) is 6.08 Å². The Bertz CT molecular complexity index is 506. The van der Waals surface area contributed by atoms with Crippen LogP contribution in [-0.2, 0) is 4.79 Å². The SMILES string of the molecule is CCOc1cccc(C(=O)C(C)Br)c1C=CC(=O)O. The number of carboxylic acids is 1. The van der Waals surface area contributed by atoms with Crippen molar-refractivity contribution in [3.8, 4) is 5.75 Å². The van der Waals surface area contributed by atoms with Crippen molar-refractivity contribution in [3.05, 3.63) is 35.4 Å². The molecule has 0 saturated heterocycles. The van der Waals surface area contributed by atoms with Gasteiger partial charge in [-0.25, -0.2) is 4.79 Å². The van der Waals surface area contributed by atoms with E-state index in [1.54, 1.807) is 25.1 Å². The fourth-order valence-electron chi connectivity index (χ4n) is 1.58. The molecule has 0 aliphatic rings. The molecule has 0 aromatic heterocycles. The summed E-state index contributed by atoms with van der Waals surface area (Å²) in [5, 5.41) is 8.71. The molecular formula is C14H15BrO4. The lowest BCUT2D eigenvalue weighted by Crippen LogP contribution is -2.12. The topological polar surface area (TPSA) is 63.6 Å². The smallest absolute Gasteiger partial charge is 0.328 e. The molecule has 1 unspecified atom stereocenters. The van der Waals surface area contributed by atoms with Gasteiger partial charge in [-0.1, -0.05) is 28.1 Å². The van der Waals surface area contributed by atoms with Crippen molar-refractivity contribution < 1.29 is 19.4 Å². The average molecular weight is 327 g/mol. The van der Waals surface area contributed by atoms with E-state index < -0.39 is 5.97 Å². The third kappa shape index (κ3) is 4.21. The Balaban J connectivity index is 3.33. The number of carbonyl (C=O) groups is 2. The van der Waals surface area contributed by atoms with Gasteiger partial charge in [0.15, 0.2) is 5.78 Å². The maximum absolute atomic E-state index is 12.1. The summed E-state index contributed by atoms with van der Waals surface area (Å²) in [6, 6.07) is 5.08. The molecular weight excluding hydrogens is 312 g/mol. The van der Waals surface area contributed by atoms with E-state index in [0.29, 0.717) is 23.5 Å². The van der Waals surface area contributed by atoms with E-state index in [4.69, 9.17) is 9.84 Å². The standard InChI is InChI=1S/C14H15BrO4/c1-3-19-12-6-4-5-11(14(18)9(2)15)10(12)7-8-13(16)17/h4-9H,3H2,1-2H3,(H,16,17). The summed E-state index contributed by atoms with van der Waals surface area (Å²) in [7, 11) is 0. The Morgan fingerprint density at radius 2 is 2.16 bits per heavy atom. The van der Waals surface area contributed by atoms with Gasteiger partial charge >= 0.3 is 5.97 Å². The van der Waals surface area contributed by atoms with E-state index in [0.717, 1.165) is 6.08 Å². The van der Waals surface area contributed by atoms with Crippen LogP contribution < -0.4 is 4.74 Å². The highest BCUT2D eigenvalue weighted by molar-refractivity contribution is 9.10. The summed E-state index contributed by atoms with van der Waals surface area (Å²) in [5.41, 5.74) is 0.927. The Morgan fingerprint density at radius 3 is 2.68 bits per heavy atom. The van der Waals surface area contributed by atoms with Crippen molar-refractivity contribution in [3.63, 3.8) is 0 Å². The van der Waals surface area contributed by atoms with Crippen molar-refractivity contribution in [2.24, 2.45) is 0 Å². The van der Waals surface area contributed by atoms with Gasteiger partial charge in [0.25, 0.3) is 0 Å². The van der Waals surface area contributed by atoms with Crippen molar-refractivity contribution >= 4 is 33.8 Å². The normalized spacial score (nSPS) is 12.4. The van der Waals surface area contributed by atoms with Crippen LogP contribution in [0.3, 0.4) is 0 Å². The molecule has 1 aromatic rings. The maximum atomic E-state index is 12.1. The summed E-state index contributed by atoms with van der Waals surface area (Å²) in [6.07, 6.45) is 2.38. The zero-order valence-corrected chi connectivity index (χ0v) is 12.3. The number of aliphatic carboxylic acids is 1. The van der Waals surface area contributed by atoms with E-state index in [1.807, 2.05) is 6.92 Å². The van der Waals surface area contributed by atoms with E-state index in [9.17, 15) is 9.59 Å². The first kappa shape index (κ1) is 15.4. The van der Waals surface area contributed by atoms with Gasteiger partial charge in [-0.2, -0.15) is 0 Å². The Kier molecular flexibility index (Phi) is 5.76. The third-order valence-electron chi connectivity index (χ3n) is 2.39. The molecule has 5 heteroatoms. The highest BCUT2D eigenvalue weighted by Crippen LogP contribution is 2.26. The number of benzene rings is 1. The number of halogens is 1. The molecule has 102 valence electrons. The molecule has 0 radical (unpaired) electrons. The number of ketones is 1. The van der Waals surface area contributed by atoms with Crippen LogP contribution >= 0.6 is 15.9 Å². The minimum atomic E-state index is -1.07. The molecule has 1 rings (SSSR count). The Hall–Kier alpha value is -1.62. The number of ether oxygens (including phenoxy) is 1. The largest absolute Gasteiger partial charge is 0.493 e. The van der Waals surface area contributed by atoms with Gasteiger partial charge in [0.05, 0.1) is 11.4 Å². The fraction of sp³-hybridized carbons (Fsp3) is 0.286. The first-order valence-corrected chi connectivity index (χ1v) is 6.74. The van der Waals surface area contributed by atoms with Crippen molar-refractivity contribution in [1.82, 2.24) is 0 Å². The van der Waals surface area contributed by atoms with E-state index in [1.165, 1.54) is 6.08 Å². The van der Waals surface area contributed by atoms with Gasteiger partial charge in [-0.05, 0) is 26.0 Å². The number of carbonyl (C=O) groups excluding carboxylic acids is 1. The number of hydrogen-bond donors (Lipinski definition) is 1. The molecule has 0 spiro atoms. The van der Waals surface area contributed by atoms with Crippen LogP contribution in [0.1, 0.15) is 29.8 Å². The van der Waals surface area contributed by atoms with Crippen molar-refractivity contribution in [1.29, 1.82) is 0 Å². The van der Waals surface area contributed by atoms with Gasteiger partial charge in [-0.15, -0.1) is 0 Å². The minimum Gasteiger partial charge on any atom is -0.493 e. The minimum absolute atomic E-state index is 0.119. The van der Waals surface area contributed by atoms with Gasteiger partial charge in [0.1, 0.15) is 5.75 Å². The van der Waals surface area contributed by atoms with Crippen molar-refractivity contribution in [2.75, 3.05) is 6.61 Å². The highest BCUT2D eigenvalue weighted by atomic mass is 79.9. The predicted molar refractivity (Wildman–Crippen MR) is 77.0 cm³/mol. The van der Waals surface area contributed by atoms with Crippen LogP contribution in [0.4, 0.5) is 0 Å². The highest BCUT2D eigenvalue weighted by Gasteiger charge is 2.17. The number of hydrogen-bond acceptors (Lipinski definition) is 3. The van der Waals surface area contributed by atoms with Crippen LogP contribution in [-0.4, -0.2) is 28.3 Å². The van der Waals surface area contributed by atoms with E-state index in [-0.39, 0.29) is 10.6 Å². The molecule has 1 N–H and O–H groups in total. The first-order valence-electron chi connectivity index (χ1n) is 5.82. The van der Waals surface area contributed by atoms with Crippen LogP contribution in [0, 0.1) is 0 Å². The van der Waals surface area contributed by atoms with Crippen LogP contribution in [0.15, 0.2) is 24.3 Å². The molecule has 0 bridgehead atoms. The molecule has 1 atom stereocenters. The summed E-state index contributed by atoms with van der Waals surface area (Å²) in [4.78, 5) is 22.4. The van der Waals surface area contributed by atoms with Crippen LogP contribution in [0.5, 0.6) is 5.75 Å². The molecule has 0 saturated carbocycles. The molecule has 0 amide bonds. The van der Waals surface area contributed by atoms with Crippen molar-refractivity contribution in [2.45, 2.75) is 18.7 Å². The van der Waals surface area contributed by atoms with E-state index in [2.05, 4.69) is 15.9 Å². The summed E-state index contributed by atoms with van der Waals surface area (Å²) < 4.78 is 5.43. The molecule has 0 aliphatic carbocycles. The fourth-order valence-corrected chi connectivity index (χ4v) is 1.83.